The molecular weight excluding hydrogens is 474 g/mol. The number of fused-ring (bicyclic) bond motifs is 1. The number of nitrogens with zero attached hydrogens (tertiary/aromatic N) is 2. The Morgan fingerprint density at radius 2 is 1.94 bits per heavy atom. The van der Waals surface area contributed by atoms with Gasteiger partial charge in [0.2, 0.25) is 5.91 Å². The summed E-state index contributed by atoms with van der Waals surface area (Å²) in [7, 11) is 0.00153. The summed E-state index contributed by atoms with van der Waals surface area (Å²) in [6.45, 7) is 0. The fraction of sp³-hybridized carbons (Fsp3) is 0.100. The van der Waals surface area contributed by atoms with Gasteiger partial charge in [0.25, 0.3) is 5.91 Å². The van der Waals surface area contributed by atoms with Gasteiger partial charge in [-0.05, 0) is 48.0 Å². The summed E-state index contributed by atoms with van der Waals surface area (Å²) >= 11 is 6.90. The van der Waals surface area contributed by atoms with Crippen molar-refractivity contribution in [3.05, 3.63) is 64.1 Å². The minimum atomic E-state index is -1.76. The van der Waals surface area contributed by atoms with Crippen LogP contribution in [0, 0.1) is 0 Å². The second kappa shape index (κ2) is 9.07. The molecule has 2 aromatic heterocycles. The number of carbonyl (C=O) groups excluding carboxylic acids is 3. The van der Waals surface area contributed by atoms with Crippen LogP contribution < -0.4 is 20.3 Å². The van der Waals surface area contributed by atoms with Crippen LogP contribution in [0.2, 0.25) is 4.34 Å². The molecule has 9 nitrogen and oxygen atoms in total. The first-order valence-corrected chi connectivity index (χ1v) is 11.6. The summed E-state index contributed by atoms with van der Waals surface area (Å²) in [6.07, 6.45) is 1.37. The van der Waals surface area contributed by atoms with Gasteiger partial charge >= 0.3 is 6.03 Å². The van der Waals surface area contributed by atoms with Gasteiger partial charge in [0.1, 0.15) is 10.0 Å². The molecule has 12 heteroatoms. The summed E-state index contributed by atoms with van der Waals surface area (Å²) in [5.74, 6) is -0.715. The van der Waals surface area contributed by atoms with Crippen LogP contribution in [0.4, 0.5) is 22.0 Å². The Hall–Kier alpha value is -3.28. The van der Waals surface area contributed by atoms with Crippen molar-refractivity contribution in [3.63, 3.8) is 0 Å². The number of urea groups is 1. The minimum absolute atomic E-state index is 0.0687. The van der Waals surface area contributed by atoms with E-state index in [-0.39, 0.29) is 12.2 Å². The Labute approximate surface area is 194 Å². The maximum Gasteiger partial charge on any atom is 0.331 e. The van der Waals surface area contributed by atoms with Crippen LogP contribution in [-0.2, 0) is 22.2 Å². The first-order valence-electron chi connectivity index (χ1n) is 9.24. The van der Waals surface area contributed by atoms with Crippen molar-refractivity contribution in [2.24, 2.45) is 0 Å². The third-order valence-electron chi connectivity index (χ3n) is 4.57. The first-order chi connectivity index (χ1) is 15.4. The summed E-state index contributed by atoms with van der Waals surface area (Å²) in [6, 6.07) is 10.6. The van der Waals surface area contributed by atoms with Crippen LogP contribution in [0.15, 0.2) is 52.9 Å². The molecule has 164 valence electrons. The largest absolute Gasteiger partial charge is 0.388 e. The van der Waals surface area contributed by atoms with E-state index >= 15 is 0 Å². The van der Waals surface area contributed by atoms with Crippen LogP contribution in [-0.4, -0.2) is 34.1 Å². The van der Waals surface area contributed by atoms with E-state index < -0.39 is 28.8 Å². The Morgan fingerprint density at radius 1 is 1.16 bits per heavy atom. The highest BCUT2D eigenvalue weighted by molar-refractivity contribution is 7.86. The predicted octanol–water partition coefficient (Wildman–Crippen LogP) is 3.41. The molecule has 0 bridgehead atoms. The van der Waals surface area contributed by atoms with Gasteiger partial charge in [0.15, 0.2) is 11.0 Å². The van der Waals surface area contributed by atoms with E-state index in [0.717, 1.165) is 21.9 Å². The Balaban J connectivity index is 1.45. The number of nitrogens with one attached hydrogen (secondary N) is 3. The number of pyridine rings is 1. The lowest BCUT2D eigenvalue weighted by atomic mass is 9.97. The number of hydrogen-bond donors (Lipinski definition) is 3. The van der Waals surface area contributed by atoms with Gasteiger partial charge < -0.3 is 10.6 Å². The van der Waals surface area contributed by atoms with E-state index in [0.29, 0.717) is 25.4 Å². The number of hydrogen-bond acceptors (Lipinski definition) is 7. The average molecular weight is 490 g/mol. The zero-order chi connectivity index (χ0) is 22.8. The lowest BCUT2D eigenvalue weighted by Gasteiger charge is -2.26. The molecule has 3 aromatic rings. The highest BCUT2D eigenvalue weighted by Gasteiger charge is 2.33. The van der Waals surface area contributed by atoms with Crippen LogP contribution in [0.25, 0.3) is 0 Å². The van der Waals surface area contributed by atoms with Crippen LogP contribution in [0.1, 0.15) is 15.9 Å². The molecule has 0 aliphatic carbocycles. The van der Waals surface area contributed by atoms with Crippen molar-refractivity contribution in [2.45, 2.75) is 10.6 Å². The first kappa shape index (κ1) is 21.9. The molecule has 1 aliphatic rings. The molecule has 3 N–H and O–H groups in total. The number of anilines is 3. The van der Waals surface area contributed by atoms with E-state index in [4.69, 9.17) is 11.6 Å². The quantitative estimate of drug-likeness (QED) is 0.472. The topological polar surface area (TPSA) is 120 Å². The lowest BCUT2D eigenvalue weighted by molar-refractivity contribution is -0.117. The fourth-order valence-electron chi connectivity index (χ4n) is 3.09. The second-order valence-corrected chi connectivity index (χ2v) is 9.78. The second-order valence-electron chi connectivity index (χ2n) is 6.62. The van der Waals surface area contributed by atoms with E-state index in [1.807, 2.05) is 0 Å². The van der Waals surface area contributed by atoms with Crippen LogP contribution in [0.3, 0.4) is 0 Å². The maximum absolute atomic E-state index is 12.9. The average Bonchev–Trinajstić information content (AvgIpc) is 3.21. The van der Waals surface area contributed by atoms with Crippen molar-refractivity contribution in [3.8, 4) is 0 Å². The number of halogens is 1. The van der Waals surface area contributed by atoms with Gasteiger partial charge in [-0.1, -0.05) is 11.6 Å². The zero-order valence-electron chi connectivity index (χ0n) is 16.5. The predicted molar refractivity (Wildman–Crippen MR) is 124 cm³/mol. The molecule has 4 amide bonds. The molecule has 4 rings (SSSR count). The number of benzene rings is 1. The monoisotopic (exact) mass is 489 g/mol. The highest BCUT2D eigenvalue weighted by atomic mass is 35.5. The molecule has 1 aliphatic heterocycles. The van der Waals surface area contributed by atoms with Gasteiger partial charge in [-0.25, -0.2) is 18.9 Å². The number of amides is 4. The lowest BCUT2D eigenvalue weighted by Crippen LogP contribution is -2.43. The minimum Gasteiger partial charge on any atom is -0.388 e. The van der Waals surface area contributed by atoms with Crippen molar-refractivity contribution in [1.29, 1.82) is 0 Å². The highest BCUT2D eigenvalue weighted by Crippen LogP contribution is 2.27. The Bertz CT molecular complexity index is 1250. The normalized spacial score (nSPS) is 14.0. The molecule has 1 aromatic carbocycles. The number of rotatable bonds is 5. The molecule has 0 saturated carbocycles. The standard InChI is InChI=1S/C20H16ClN5O4S2/c1-22-12-2-4-14-11(8-12)9-17(27)26(19(14)28)16-6-3-13(10-23-16)24-20(29)25-32(30)18-7-5-15(21)31-18/h2-8,10,22H,9H2,1H3,(H2,24,25,29). The van der Waals surface area contributed by atoms with Crippen molar-refractivity contribution < 1.29 is 18.6 Å². The van der Waals surface area contributed by atoms with Gasteiger partial charge in [0, 0.05) is 18.3 Å². The fourth-order valence-corrected chi connectivity index (χ4v) is 5.22. The molecule has 1 unspecified atom stereocenters. The molecule has 32 heavy (non-hydrogen) atoms. The molecule has 0 spiro atoms. The van der Waals surface area contributed by atoms with E-state index in [1.54, 1.807) is 37.4 Å². The van der Waals surface area contributed by atoms with Crippen molar-refractivity contribution in [2.75, 3.05) is 22.6 Å². The number of thiophene rings is 1. The van der Waals surface area contributed by atoms with Gasteiger partial charge in [0.05, 0.1) is 22.6 Å². The number of imide groups is 1. The Kier molecular flexibility index (Phi) is 6.21. The van der Waals surface area contributed by atoms with Crippen molar-refractivity contribution in [1.82, 2.24) is 9.71 Å². The SMILES string of the molecule is CNc1ccc2c(c1)CC(=O)N(c1ccc(NC(=O)NS(=O)c3ccc(Cl)s3)cn1)C2=O. The summed E-state index contributed by atoms with van der Waals surface area (Å²) < 4.78 is 15.3. The zero-order valence-corrected chi connectivity index (χ0v) is 18.9. The van der Waals surface area contributed by atoms with Gasteiger partial charge in [-0.2, -0.15) is 0 Å². The van der Waals surface area contributed by atoms with E-state index in [9.17, 15) is 18.6 Å². The smallest absolute Gasteiger partial charge is 0.331 e. The van der Waals surface area contributed by atoms with E-state index in [2.05, 4.69) is 20.3 Å². The molecule has 1 atom stereocenters. The Morgan fingerprint density at radius 3 is 2.59 bits per heavy atom. The molecular formula is C20H16ClN5O4S2. The van der Waals surface area contributed by atoms with Gasteiger partial charge in [-0.3, -0.25) is 14.3 Å². The number of aromatic nitrogens is 1. The molecule has 3 heterocycles. The van der Waals surface area contributed by atoms with Crippen molar-refractivity contribution >= 4 is 69.0 Å². The van der Waals surface area contributed by atoms with Crippen LogP contribution >= 0.6 is 22.9 Å². The summed E-state index contributed by atoms with van der Waals surface area (Å²) in [4.78, 5) is 42.7. The van der Waals surface area contributed by atoms with Gasteiger partial charge in [-0.15, -0.1) is 11.3 Å². The maximum atomic E-state index is 12.9. The summed E-state index contributed by atoms with van der Waals surface area (Å²) in [5.41, 5.74) is 2.19. The van der Waals surface area contributed by atoms with E-state index in [1.165, 1.54) is 18.3 Å². The third kappa shape index (κ3) is 4.49. The molecule has 0 fully saturated rings. The molecule has 0 saturated heterocycles. The van der Waals surface area contributed by atoms with Crippen LogP contribution in [0.5, 0.6) is 0 Å². The number of carbonyl (C=O) groups is 3. The molecule has 0 radical (unpaired) electrons. The third-order valence-corrected chi connectivity index (χ3v) is 7.17. The summed E-state index contributed by atoms with van der Waals surface area (Å²) in [5, 5.41) is 5.48.